The molecule has 0 saturated heterocycles. The SMILES string of the molecule is N#CCCSc1ccccc1NC(=O)Cc1csc(-c2ccccc2Cl)n1. The third-order valence-electron chi connectivity index (χ3n) is 3.63. The maximum Gasteiger partial charge on any atom is 0.230 e. The average molecular weight is 414 g/mol. The van der Waals surface area contributed by atoms with E-state index in [4.69, 9.17) is 16.9 Å². The van der Waals surface area contributed by atoms with Crippen LogP contribution in [-0.4, -0.2) is 16.6 Å². The number of nitrogens with zero attached hydrogens (tertiary/aromatic N) is 2. The lowest BCUT2D eigenvalue weighted by Crippen LogP contribution is -2.15. The normalized spacial score (nSPS) is 10.4. The summed E-state index contributed by atoms with van der Waals surface area (Å²) in [5.41, 5.74) is 2.34. The molecule has 4 nitrogen and oxygen atoms in total. The van der Waals surface area contributed by atoms with Crippen molar-refractivity contribution < 1.29 is 4.79 Å². The van der Waals surface area contributed by atoms with E-state index in [9.17, 15) is 4.79 Å². The molecule has 0 unspecified atom stereocenters. The number of halogens is 1. The first-order valence-corrected chi connectivity index (χ1v) is 10.5. The van der Waals surface area contributed by atoms with Crippen LogP contribution in [0.1, 0.15) is 12.1 Å². The minimum absolute atomic E-state index is 0.126. The van der Waals surface area contributed by atoms with Gasteiger partial charge in [0.1, 0.15) is 5.01 Å². The summed E-state index contributed by atoms with van der Waals surface area (Å²) in [5, 5.41) is 14.9. The van der Waals surface area contributed by atoms with Crippen LogP contribution in [0.2, 0.25) is 5.02 Å². The second-order valence-electron chi connectivity index (χ2n) is 5.60. The van der Waals surface area contributed by atoms with E-state index in [1.807, 2.05) is 53.9 Å². The molecule has 3 rings (SSSR count). The van der Waals surface area contributed by atoms with Crippen LogP contribution in [0.3, 0.4) is 0 Å². The van der Waals surface area contributed by atoms with Crippen LogP contribution in [0.5, 0.6) is 0 Å². The van der Waals surface area contributed by atoms with Gasteiger partial charge in [0.05, 0.1) is 28.9 Å². The third kappa shape index (κ3) is 5.33. The largest absolute Gasteiger partial charge is 0.325 e. The van der Waals surface area contributed by atoms with Crippen LogP contribution in [0.15, 0.2) is 58.8 Å². The highest BCUT2D eigenvalue weighted by Gasteiger charge is 2.12. The van der Waals surface area contributed by atoms with Crippen molar-refractivity contribution in [2.75, 3.05) is 11.1 Å². The second-order valence-corrected chi connectivity index (χ2v) is 8.00. The van der Waals surface area contributed by atoms with E-state index in [0.29, 0.717) is 22.9 Å². The van der Waals surface area contributed by atoms with Crippen LogP contribution in [0.4, 0.5) is 5.69 Å². The Morgan fingerprint density at radius 1 is 1.22 bits per heavy atom. The van der Waals surface area contributed by atoms with Crippen LogP contribution in [0.25, 0.3) is 10.6 Å². The molecule has 0 bridgehead atoms. The first-order valence-electron chi connectivity index (χ1n) is 8.25. The van der Waals surface area contributed by atoms with Crippen molar-refractivity contribution in [2.45, 2.75) is 17.7 Å². The Balaban J connectivity index is 1.66. The number of hydrogen-bond acceptors (Lipinski definition) is 5. The molecule has 0 spiro atoms. The smallest absolute Gasteiger partial charge is 0.230 e. The molecule has 0 radical (unpaired) electrons. The molecule has 0 fully saturated rings. The number of amides is 1. The predicted octanol–water partition coefficient (Wildman–Crippen LogP) is 5.65. The number of aromatic nitrogens is 1. The second kappa shape index (κ2) is 9.56. The van der Waals surface area contributed by atoms with Crippen LogP contribution in [0, 0.1) is 11.3 Å². The summed E-state index contributed by atoms with van der Waals surface area (Å²) in [6.45, 7) is 0. The Bertz CT molecular complexity index is 981. The van der Waals surface area contributed by atoms with Gasteiger partial charge >= 0.3 is 0 Å². The van der Waals surface area contributed by atoms with E-state index in [1.165, 1.54) is 11.3 Å². The zero-order valence-electron chi connectivity index (χ0n) is 14.3. The number of thiazole rings is 1. The van der Waals surface area contributed by atoms with Crippen molar-refractivity contribution in [2.24, 2.45) is 0 Å². The lowest BCUT2D eigenvalue weighted by Gasteiger charge is -2.09. The van der Waals surface area contributed by atoms with Crippen molar-refractivity contribution in [1.29, 1.82) is 5.26 Å². The van der Waals surface area contributed by atoms with Crippen LogP contribution in [-0.2, 0) is 11.2 Å². The van der Waals surface area contributed by atoms with E-state index in [1.54, 1.807) is 11.8 Å². The lowest BCUT2D eigenvalue weighted by atomic mass is 10.2. The van der Waals surface area contributed by atoms with Gasteiger partial charge in [-0.05, 0) is 18.2 Å². The Morgan fingerprint density at radius 2 is 2.00 bits per heavy atom. The molecule has 0 aliphatic rings. The fourth-order valence-electron chi connectivity index (χ4n) is 2.41. The van der Waals surface area contributed by atoms with E-state index in [2.05, 4.69) is 16.4 Å². The summed E-state index contributed by atoms with van der Waals surface area (Å²) < 4.78 is 0. The van der Waals surface area contributed by atoms with Crippen molar-refractivity contribution >= 4 is 46.3 Å². The summed E-state index contributed by atoms with van der Waals surface area (Å²) in [7, 11) is 0. The average Bonchev–Trinajstić information content (AvgIpc) is 3.11. The van der Waals surface area contributed by atoms with Gasteiger partial charge in [-0.3, -0.25) is 4.79 Å². The molecular formula is C20H16ClN3OS2. The fourth-order valence-corrected chi connectivity index (χ4v) is 4.41. The maximum absolute atomic E-state index is 12.4. The first-order chi connectivity index (χ1) is 13.2. The molecule has 136 valence electrons. The van der Waals surface area contributed by atoms with Gasteiger partial charge < -0.3 is 5.32 Å². The molecule has 3 aromatic rings. The van der Waals surface area contributed by atoms with Crippen molar-refractivity contribution in [3.63, 3.8) is 0 Å². The van der Waals surface area contributed by atoms with Gasteiger partial charge in [-0.25, -0.2) is 4.98 Å². The van der Waals surface area contributed by atoms with Gasteiger partial charge in [-0.15, -0.1) is 23.1 Å². The number of hydrogen-bond donors (Lipinski definition) is 1. The lowest BCUT2D eigenvalue weighted by molar-refractivity contribution is -0.115. The Morgan fingerprint density at radius 3 is 2.81 bits per heavy atom. The molecule has 1 heterocycles. The molecule has 0 saturated carbocycles. The number of benzene rings is 2. The summed E-state index contributed by atoms with van der Waals surface area (Å²) in [5.74, 6) is 0.566. The number of thioether (sulfide) groups is 1. The molecule has 2 aromatic carbocycles. The monoisotopic (exact) mass is 413 g/mol. The summed E-state index contributed by atoms with van der Waals surface area (Å²) in [4.78, 5) is 17.9. The van der Waals surface area contributed by atoms with Crippen molar-refractivity contribution in [3.8, 4) is 16.6 Å². The molecule has 7 heteroatoms. The molecule has 1 N–H and O–H groups in total. The van der Waals surface area contributed by atoms with Gasteiger partial charge in [0.25, 0.3) is 0 Å². The fraction of sp³-hybridized carbons (Fsp3) is 0.150. The van der Waals surface area contributed by atoms with Crippen LogP contribution >= 0.6 is 34.7 Å². The number of nitrogens with one attached hydrogen (secondary N) is 1. The predicted molar refractivity (Wildman–Crippen MR) is 112 cm³/mol. The van der Waals surface area contributed by atoms with Gasteiger partial charge in [0, 0.05) is 28.0 Å². The summed E-state index contributed by atoms with van der Waals surface area (Å²) >= 11 is 9.24. The van der Waals surface area contributed by atoms with Crippen LogP contribution < -0.4 is 5.32 Å². The van der Waals surface area contributed by atoms with Gasteiger partial charge in [0.15, 0.2) is 0 Å². The van der Waals surface area contributed by atoms with E-state index in [0.717, 1.165) is 21.2 Å². The van der Waals surface area contributed by atoms with E-state index < -0.39 is 0 Å². The Kier molecular flexibility index (Phi) is 6.88. The third-order valence-corrected chi connectivity index (χ3v) is 5.96. The summed E-state index contributed by atoms with van der Waals surface area (Å²) in [6, 6.07) is 17.3. The highest BCUT2D eigenvalue weighted by Crippen LogP contribution is 2.31. The zero-order valence-corrected chi connectivity index (χ0v) is 16.7. The molecule has 1 aromatic heterocycles. The highest BCUT2D eigenvalue weighted by atomic mass is 35.5. The van der Waals surface area contributed by atoms with E-state index in [-0.39, 0.29) is 12.3 Å². The van der Waals surface area contributed by atoms with Gasteiger partial charge in [-0.2, -0.15) is 5.26 Å². The molecular weight excluding hydrogens is 398 g/mol. The number of para-hydroxylation sites is 1. The van der Waals surface area contributed by atoms with Crippen molar-refractivity contribution in [3.05, 3.63) is 64.6 Å². The molecule has 0 atom stereocenters. The number of nitriles is 1. The minimum atomic E-state index is -0.126. The Labute approximate surface area is 171 Å². The number of carbonyl (C=O) groups excluding carboxylic acids is 1. The first kappa shape index (κ1) is 19.4. The quantitative estimate of drug-likeness (QED) is 0.401. The molecule has 0 aliphatic carbocycles. The molecule has 0 aliphatic heterocycles. The maximum atomic E-state index is 12.4. The highest BCUT2D eigenvalue weighted by molar-refractivity contribution is 7.99. The van der Waals surface area contributed by atoms with E-state index >= 15 is 0 Å². The van der Waals surface area contributed by atoms with Gasteiger partial charge in [-0.1, -0.05) is 41.9 Å². The molecule has 27 heavy (non-hydrogen) atoms. The number of carbonyl (C=O) groups is 1. The van der Waals surface area contributed by atoms with Gasteiger partial charge in [0.2, 0.25) is 5.91 Å². The standard InChI is InChI=1S/C20H16ClN3OS2/c21-16-7-2-1-6-15(16)20-23-14(13-27-20)12-19(25)24-17-8-3-4-9-18(17)26-11-5-10-22/h1-4,6-9,13H,5,11-12H2,(H,24,25). The van der Waals surface area contributed by atoms with Crippen molar-refractivity contribution in [1.82, 2.24) is 4.98 Å². The Hall–Kier alpha value is -2.33. The topological polar surface area (TPSA) is 65.8 Å². The zero-order chi connectivity index (χ0) is 19.1. The minimum Gasteiger partial charge on any atom is -0.325 e. The molecule has 1 amide bonds. The number of anilines is 1. The summed E-state index contributed by atoms with van der Waals surface area (Å²) in [6.07, 6.45) is 0.661. The number of rotatable bonds is 7.